The third kappa shape index (κ3) is 4.63. The molecule has 0 atom stereocenters. The predicted molar refractivity (Wildman–Crippen MR) is 94.2 cm³/mol. The predicted octanol–water partition coefficient (Wildman–Crippen LogP) is 5.44. The highest BCUT2D eigenvalue weighted by atomic mass is 79.9. The summed E-state index contributed by atoms with van der Waals surface area (Å²) in [5, 5.41) is 1.38. The van der Waals surface area contributed by atoms with Gasteiger partial charge in [0.1, 0.15) is 0 Å². The van der Waals surface area contributed by atoms with E-state index in [-0.39, 0.29) is 0 Å². The highest BCUT2D eigenvalue weighted by molar-refractivity contribution is 9.13. The molecule has 5 heteroatoms. The number of alkyl halides is 1. The summed E-state index contributed by atoms with van der Waals surface area (Å²) in [6, 6.07) is 0. The van der Waals surface area contributed by atoms with Crippen molar-refractivity contribution in [1.29, 1.82) is 0 Å². The van der Waals surface area contributed by atoms with Gasteiger partial charge in [0.2, 0.25) is 0 Å². The number of hydrogen-bond donors (Lipinski definition) is 0. The Morgan fingerprint density at radius 1 is 0.812 bits per heavy atom. The summed E-state index contributed by atoms with van der Waals surface area (Å²) in [4.78, 5) is 0. The number of thioether (sulfide) groups is 1. The van der Waals surface area contributed by atoms with E-state index >= 15 is 0 Å². The fourth-order valence-corrected chi connectivity index (χ4v) is 19.2. The van der Waals surface area contributed by atoms with Gasteiger partial charge in [-0.3, -0.25) is 0 Å². The second-order valence-electron chi connectivity index (χ2n) is 7.94. The number of halogens is 1. The highest BCUT2D eigenvalue weighted by Gasteiger charge is 2.51. The van der Waals surface area contributed by atoms with Gasteiger partial charge in [0, 0.05) is 0 Å². The lowest BCUT2D eigenvalue weighted by Crippen LogP contribution is -2.60. The van der Waals surface area contributed by atoms with Crippen LogP contribution in [0.2, 0.25) is 58.9 Å². The topological polar surface area (TPSA) is 0 Å². The minimum absolute atomic E-state index is 0.424. The van der Waals surface area contributed by atoms with E-state index in [9.17, 15) is 0 Å². The molecule has 0 saturated carbocycles. The molecule has 98 valence electrons. The van der Waals surface area contributed by atoms with E-state index in [4.69, 9.17) is 0 Å². The van der Waals surface area contributed by atoms with E-state index in [0.717, 1.165) is 0 Å². The van der Waals surface area contributed by atoms with Crippen LogP contribution in [-0.4, -0.2) is 32.5 Å². The first-order valence-electron chi connectivity index (χ1n) is 6.04. The lowest BCUT2D eigenvalue weighted by Gasteiger charge is -2.47. The molecule has 0 nitrogen and oxygen atoms in total. The van der Waals surface area contributed by atoms with Crippen molar-refractivity contribution in [2.75, 3.05) is 5.38 Å². The molecule has 0 heterocycles. The van der Waals surface area contributed by atoms with Crippen LogP contribution in [0, 0.1) is 0 Å². The Morgan fingerprint density at radius 2 is 1.12 bits per heavy atom. The maximum atomic E-state index is 4.19. The molecule has 0 aliphatic heterocycles. The third-order valence-corrected chi connectivity index (χ3v) is 27.8. The zero-order valence-corrected chi connectivity index (χ0v) is 17.9. The molecule has 0 aromatic rings. The SMILES string of the molecule is C[Si](C)(C)CSC(Br)([Si](C)(C)C)[Si](C)(C)C. The van der Waals surface area contributed by atoms with Crippen LogP contribution in [-0.2, 0) is 0 Å². The largest absolute Gasteiger partial charge is 0.153 e. The number of hydrogen-bond acceptors (Lipinski definition) is 1. The van der Waals surface area contributed by atoms with Crippen molar-refractivity contribution in [3.63, 3.8) is 0 Å². The lowest BCUT2D eigenvalue weighted by atomic mass is 11.7. The Hall–Kier alpha value is 1.48. The van der Waals surface area contributed by atoms with Crippen molar-refractivity contribution in [3.8, 4) is 0 Å². The molecule has 0 amide bonds. The Kier molecular flexibility index (Phi) is 5.71. The summed E-state index contributed by atoms with van der Waals surface area (Å²) in [6.07, 6.45) is 0. The molecule has 0 aliphatic rings. The molecule has 0 saturated heterocycles. The van der Waals surface area contributed by atoms with Crippen molar-refractivity contribution in [3.05, 3.63) is 0 Å². The molecule has 0 aromatic heterocycles. The van der Waals surface area contributed by atoms with Crippen LogP contribution in [0.5, 0.6) is 0 Å². The Balaban J connectivity index is 5.00. The van der Waals surface area contributed by atoms with Gasteiger partial charge in [-0.05, 0) is 5.38 Å². The molecule has 0 aromatic carbocycles. The van der Waals surface area contributed by atoms with Crippen LogP contribution in [0.3, 0.4) is 0 Å². The fourth-order valence-electron chi connectivity index (χ4n) is 1.87. The first-order chi connectivity index (χ1) is 6.71. The van der Waals surface area contributed by atoms with E-state index in [0.29, 0.717) is 2.90 Å². The first-order valence-corrected chi connectivity index (χ1v) is 18.5. The van der Waals surface area contributed by atoms with Crippen LogP contribution >= 0.6 is 27.7 Å². The van der Waals surface area contributed by atoms with Gasteiger partial charge in [0.05, 0.1) is 27.1 Å². The zero-order chi connectivity index (χ0) is 13.4. The minimum atomic E-state index is -1.18. The molecule has 0 bridgehead atoms. The van der Waals surface area contributed by atoms with E-state index in [1.54, 1.807) is 0 Å². The lowest BCUT2D eigenvalue weighted by molar-refractivity contribution is 1.41. The van der Waals surface area contributed by atoms with Gasteiger partial charge in [0.25, 0.3) is 0 Å². The average molecular weight is 358 g/mol. The average Bonchev–Trinajstić information content (AvgIpc) is 1.93. The fraction of sp³-hybridized carbons (Fsp3) is 1.00. The van der Waals surface area contributed by atoms with Crippen LogP contribution in [0.1, 0.15) is 0 Å². The maximum absolute atomic E-state index is 4.19. The molecule has 0 radical (unpaired) electrons. The van der Waals surface area contributed by atoms with Crippen LogP contribution in [0.25, 0.3) is 0 Å². The van der Waals surface area contributed by atoms with Gasteiger partial charge in [-0.25, -0.2) is 0 Å². The molecule has 16 heavy (non-hydrogen) atoms. The molecule has 0 N–H and O–H groups in total. The van der Waals surface area contributed by atoms with E-state index in [1.165, 1.54) is 5.38 Å². The van der Waals surface area contributed by atoms with E-state index in [1.807, 2.05) is 0 Å². The van der Waals surface area contributed by atoms with Crippen LogP contribution in [0.4, 0.5) is 0 Å². The Morgan fingerprint density at radius 3 is 1.31 bits per heavy atom. The van der Waals surface area contributed by atoms with Gasteiger partial charge < -0.3 is 0 Å². The first kappa shape index (κ1) is 17.5. The summed E-state index contributed by atoms with van der Waals surface area (Å²) in [5.41, 5.74) is 0. The van der Waals surface area contributed by atoms with E-state index < -0.39 is 24.2 Å². The summed E-state index contributed by atoms with van der Waals surface area (Å²) < 4.78 is 0.424. The van der Waals surface area contributed by atoms with Crippen molar-refractivity contribution >= 4 is 51.9 Å². The maximum Gasteiger partial charge on any atom is 0.0722 e. The Bertz CT molecular complexity index is 221. The summed E-state index contributed by atoms with van der Waals surface area (Å²) in [5.74, 6) is 0. The standard InChI is InChI=1S/C11H29BrSSi3/c1-14(2,3)10-13-11(12,15(4,5)6)16(7,8)9/h10H2,1-9H3. The second-order valence-corrected chi connectivity index (χ2v) is 30.0. The molecule has 0 rings (SSSR count). The van der Waals surface area contributed by atoms with E-state index in [2.05, 4.69) is 86.6 Å². The normalized spacial score (nSPS) is 15.4. The van der Waals surface area contributed by atoms with Crippen molar-refractivity contribution < 1.29 is 0 Å². The minimum Gasteiger partial charge on any atom is -0.153 e. The van der Waals surface area contributed by atoms with Crippen LogP contribution in [0.15, 0.2) is 0 Å². The monoisotopic (exact) mass is 356 g/mol. The quantitative estimate of drug-likeness (QED) is 0.466. The highest BCUT2D eigenvalue weighted by Crippen LogP contribution is 2.48. The van der Waals surface area contributed by atoms with Crippen molar-refractivity contribution in [2.45, 2.75) is 61.8 Å². The molecular formula is C11H29BrSSi3. The molecular weight excluding hydrogens is 328 g/mol. The van der Waals surface area contributed by atoms with Gasteiger partial charge in [-0.1, -0.05) is 74.9 Å². The molecule has 0 unspecified atom stereocenters. The van der Waals surface area contributed by atoms with Crippen molar-refractivity contribution in [2.24, 2.45) is 0 Å². The summed E-state index contributed by atoms with van der Waals surface area (Å²) in [6.45, 7) is 22.5. The molecule has 0 spiro atoms. The smallest absolute Gasteiger partial charge is 0.0722 e. The third-order valence-electron chi connectivity index (χ3n) is 2.63. The van der Waals surface area contributed by atoms with Gasteiger partial charge >= 0.3 is 0 Å². The second kappa shape index (κ2) is 5.23. The van der Waals surface area contributed by atoms with Gasteiger partial charge in [0.15, 0.2) is 0 Å². The molecule has 0 fully saturated rings. The summed E-state index contributed by atoms with van der Waals surface area (Å²) >= 11 is 6.43. The molecule has 0 aliphatic carbocycles. The van der Waals surface area contributed by atoms with Crippen LogP contribution < -0.4 is 0 Å². The van der Waals surface area contributed by atoms with Gasteiger partial charge in [-0.2, -0.15) is 11.8 Å². The Labute approximate surface area is 119 Å². The zero-order valence-electron chi connectivity index (χ0n) is 12.5. The number of rotatable bonds is 5. The summed E-state index contributed by atoms with van der Waals surface area (Å²) in [7, 11) is -3.31. The van der Waals surface area contributed by atoms with Gasteiger partial charge in [-0.15, -0.1) is 0 Å². The van der Waals surface area contributed by atoms with Crippen molar-refractivity contribution in [1.82, 2.24) is 0 Å².